The summed E-state index contributed by atoms with van der Waals surface area (Å²) in [6, 6.07) is 15.9. The van der Waals surface area contributed by atoms with Gasteiger partial charge in [0.05, 0.1) is 6.26 Å². The standard InChI is InChI=1S/C20H16N2O6/c23-18(24)12-28-16-4-1-3-15(11-16)22-19(25)13-6-8-14(9-7-13)21-20(26)17-5-2-10-27-17/h1-11H,12H2,(H,21,26)(H,22,25)(H,23,24). The first-order valence-electron chi connectivity index (χ1n) is 8.22. The number of furan rings is 1. The van der Waals surface area contributed by atoms with Crippen molar-refractivity contribution in [1.29, 1.82) is 0 Å². The predicted molar refractivity (Wildman–Crippen MR) is 101 cm³/mol. The van der Waals surface area contributed by atoms with E-state index >= 15 is 0 Å². The summed E-state index contributed by atoms with van der Waals surface area (Å²) in [5.41, 5.74) is 1.36. The normalized spacial score (nSPS) is 10.1. The van der Waals surface area contributed by atoms with Crippen LogP contribution in [0.4, 0.5) is 11.4 Å². The molecule has 142 valence electrons. The summed E-state index contributed by atoms with van der Waals surface area (Å²) in [6.45, 7) is -0.470. The molecule has 0 radical (unpaired) electrons. The van der Waals surface area contributed by atoms with E-state index in [4.69, 9.17) is 14.3 Å². The number of rotatable bonds is 7. The van der Waals surface area contributed by atoms with Crippen LogP contribution in [0.5, 0.6) is 5.75 Å². The number of aliphatic carboxylic acids is 1. The van der Waals surface area contributed by atoms with E-state index in [1.54, 1.807) is 54.6 Å². The smallest absolute Gasteiger partial charge is 0.341 e. The number of benzene rings is 2. The average Bonchev–Trinajstić information content (AvgIpc) is 3.22. The summed E-state index contributed by atoms with van der Waals surface area (Å²) in [7, 11) is 0. The molecule has 0 aliphatic carbocycles. The third-order valence-electron chi connectivity index (χ3n) is 3.60. The maximum absolute atomic E-state index is 12.4. The van der Waals surface area contributed by atoms with E-state index in [1.165, 1.54) is 12.3 Å². The SMILES string of the molecule is O=C(O)COc1cccc(NC(=O)c2ccc(NC(=O)c3ccco3)cc2)c1. The first kappa shape index (κ1) is 18.7. The van der Waals surface area contributed by atoms with Gasteiger partial charge in [-0.2, -0.15) is 0 Å². The van der Waals surface area contributed by atoms with Crippen LogP contribution in [0.2, 0.25) is 0 Å². The lowest BCUT2D eigenvalue weighted by Crippen LogP contribution is -2.13. The third kappa shape index (κ3) is 4.98. The summed E-state index contributed by atoms with van der Waals surface area (Å²) in [5.74, 6) is -1.32. The van der Waals surface area contributed by atoms with Crippen LogP contribution >= 0.6 is 0 Å². The van der Waals surface area contributed by atoms with Crippen molar-refractivity contribution in [2.45, 2.75) is 0 Å². The Labute approximate surface area is 159 Å². The van der Waals surface area contributed by atoms with E-state index in [1.807, 2.05) is 0 Å². The number of nitrogens with one attached hydrogen (secondary N) is 2. The zero-order chi connectivity index (χ0) is 19.9. The lowest BCUT2D eigenvalue weighted by Gasteiger charge is -2.09. The highest BCUT2D eigenvalue weighted by atomic mass is 16.5. The van der Waals surface area contributed by atoms with Crippen LogP contribution < -0.4 is 15.4 Å². The molecule has 2 amide bonds. The minimum atomic E-state index is -1.09. The van der Waals surface area contributed by atoms with Gasteiger partial charge in [-0.3, -0.25) is 9.59 Å². The summed E-state index contributed by atoms with van der Waals surface area (Å²) >= 11 is 0. The average molecular weight is 380 g/mol. The van der Waals surface area contributed by atoms with Crippen LogP contribution in [0.25, 0.3) is 0 Å². The zero-order valence-corrected chi connectivity index (χ0v) is 14.5. The molecule has 0 aliphatic heterocycles. The first-order chi connectivity index (χ1) is 13.5. The van der Waals surface area contributed by atoms with Crippen LogP contribution in [0.1, 0.15) is 20.9 Å². The van der Waals surface area contributed by atoms with Crippen LogP contribution in [0.15, 0.2) is 71.3 Å². The molecule has 8 heteroatoms. The van der Waals surface area contributed by atoms with Crippen LogP contribution in [0.3, 0.4) is 0 Å². The Morgan fingerprint density at radius 2 is 1.64 bits per heavy atom. The molecule has 28 heavy (non-hydrogen) atoms. The molecule has 1 heterocycles. The minimum absolute atomic E-state index is 0.187. The van der Waals surface area contributed by atoms with Gasteiger partial charge in [-0.15, -0.1) is 0 Å². The van der Waals surface area contributed by atoms with Crippen molar-refractivity contribution in [2.75, 3.05) is 17.2 Å². The van der Waals surface area contributed by atoms with Crippen molar-refractivity contribution >= 4 is 29.2 Å². The molecule has 0 bridgehead atoms. The second kappa shape index (κ2) is 8.54. The van der Waals surface area contributed by atoms with Crippen molar-refractivity contribution in [3.8, 4) is 5.75 Å². The van der Waals surface area contributed by atoms with Crippen molar-refractivity contribution in [3.63, 3.8) is 0 Å². The molecule has 0 fully saturated rings. The Hall–Kier alpha value is -4.07. The molecule has 2 aromatic carbocycles. The monoisotopic (exact) mass is 380 g/mol. The maximum Gasteiger partial charge on any atom is 0.341 e. The van der Waals surface area contributed by atoms with E-state index in [-0.39, 0.29) is 17.6 Å². The minimum Gasteiger partial charge on any atom is -0.482 e. The van der Waals surface area contributed by atoms with Gasteiger partial charge in [-0.25, -0.2) is 4.79 Å². The molecule has 0 saturated heterocycles. The molecular formula is C20H16N2O6. The number of amides is 2. The molecule has 1 aromatic heterocycles. The van der Waals surface area contributed by atoms with E-state index in [9.17, 15) is 14.4 Å². The Morgan fingerprint density at radius 1 is 0.893 bits per heavy atom. The van der Waals surface area contributed by atoms with E-state index < -0.39 is 12.6 Å². The van der Waals surface area contributed by atoms with Crippen molar-refractivity contribution in [1.82, 2.24) is 0 Å². The number of ether oxygens (including phenoxy) is 1. The Kier molecular flexibility index (Phi) is 5.71. The Balaban J connectivity index is 1.61. The molecule has 0 aliphatic rings. The fraction of sp³-hybridized carbons (Fsp3) is 0.0500. The summed E-state index contributed by atoms with van der Waals surface area (Å²) in [4.78, 5) is 34.8. The van der Waals surface area contributed by atoms with Crippen LogP contribution in [0, 0.1) is 0 Å². The molecular weight excluding hydrogens is 364 g/mol. The van der Waals surface area contributed by atoms with Gasteiger partial charge in [0.25, 0.3) is 11.8 Å². The fourth-order valence-electron chi connectivity index (χ4n) is 2.32. The Bertz CT molecular complexity index is 980. The van der Waals surface area contributed by atoms with Crippen molar-refractivity contribution in [3.05, 3.63) is 78.3 Å². The molecule has 3 rings (SSSR count). The summed E-state index contributed by atoms with van der Waals surface area (Å²) in [6.07, 6.45) is 1.41. The number of carbonyl (C=O) groups excluding carboxylic acids is 2. The lowest BCUT2D eigenvalue weighted by atomic mass is 10.2. The second-order valence-corrected chi connectivity index (χ2v) is 5.67. The van der Waals surface area contributed by atoms with Gasteiger partial charge >= 0.3 is 5.97 Å². The largest absolute Gasteiger partial charge is 0.482 e. The first-order valence-corrected chi connectivity index (χ1v) is 8.22. The van der Waals surface area contributed by atoms with Gasteiger partial charge in [-0.1, -0.05) is 6.07 Å². The quantitative estimate of drug-likeness (QED) is 0.579. The van der Waals surface area contributed by atoms with Gasteiger partial charge in [-0.05, 0) is 48.5 Å². The highest BCUT2D eigenvalue weighted by Crippen LogP contribution is 2.19. The molecule has 0 spiro atoms. The van der Waals surface area contributed by atoms with Gasteiger partial charge in [0.2, 0.25) is 0 Å². The molecule has 0 saturated carbocycles. The van der Waals surface area contributed by atoms with E-state index in [0.29, 0.717) is 22.7 Å². The van der Waals surface area contributed by atoms with Crippen molar-refractivity contribution < 1.29 is 28.6 Å². The number of anilines is 2. The van der Waals surface area contributed by atoms with Gasteiger partial charge < -0.3 is 24.9 Å². The zero-order valence-electron chi connectivity index (χ0n) is 14.5. The molecule has 3 aromatic rings. The molecule has 0 atom stereocenters. The third-order valence-corrected chi connectivity index (χ3v) is 3.60. The summed E-state index contributed by atoms with van der Waals surface area (Å²) in [5, 5.41) is 14.0. The highest BCUT2D eigenvalue weighted by molar-refractivity contribution is 6.05. The highest BCUT2D eigenvalue weighted by Gasteiger charge is 2.10. The number of carboxylic acids is 1. The van der Waals surface area contributed by atoms with E-state index in [2.05, 4.69) is 10.6 Å². The predicted octanol–water partition coefficient (Wildman–Crippen LogP) is 3.25. The molecule has 0 unspecified atom stereocenters. The molecule has 3 N–H and O–H groups in total. The lowest BCUT2D eigenvalue weighted by molar-refractivity contribution is -0.139. The number of hydrogen-bond acceptors (Lipinski definition) is 5. The van der Waals surface area contributed by atoms with Crippen LogP contribution in [-0.4, -0.2) is 29.5 Å². The number of carbonyl (C=O) groups is 3. The fourth-order valence-corrected chi connectivity index (χ4v) is 2.32. The van der Waals surface area contributed by atoms with Crippen LogP contribution in [-0.2, 0) is 4.79 Å². The maximum atomic E-state index is 12.4. The summed E-state index contributed by atoms with van der Waals surface area (Å²) < 4.78 is 10.1. The Morgan fingerprint density at radius 3 is 2.32 bits per heavy atom. The number of hydrogen-bond donors (Lipinski definition) is 3. The van der Waals surface area contributed by atoms with Crippen molar-refractivity contribution in [2.24, 2.45) is 0 Å². The van der Waals surface area contributed by atoms with Gasteiger partial charge in [0.15, 0.2) is 12.4 Å². The number of carboxylic acid groups (broad SMARTS) is 1. The molecule has 8 nitrogen and oxygen atoms in total. The topological polar surface area (TPSA) is 118 Å². The van der Waals surface area contributed by atoms with Gasteiger partial charge in [0.1, 0.15) is 5.75 Å². The van der Waals surface area contributed by atoms with E-state index in [0.717, 1.165) is 0 Å². The van der Waals surface area contributed by atoms with Gasteiger partial charge in [0, 0.05) is 23.0 Å². The second-order valence-electron chi connectivity index (χ2n) is 5.67.